The van der Waals surface area contributed by atoms with Gasteiger partial charge in [-0.1, -0.05) is 34.0 Å². The lowest BCUT2D eigenvalue weighted by atomic mass is 9.79. The summed E-state index contributed by atoms with van der Waals surface area (Å²) in [5.74, 6) is -1.57. The van der Waals surface area contributed by atoms with Crippen molar-refractivity contribution in [3.05, 3.63) is 97.5 Å². The highest BCUT2D eigenvalue weighted by Gasteiger charge is 2.34. The summed E-state index contributed by atoms with van der Waals surface area (Å²) in [6.45, 7) is 0. The first-order valence-corrected chi connectivity index (χ1v) is 11.7. The lowest BCUT2D eigenvalue weighted by Gasteiger charge is -2.26. The third-order valence-electron chi connectivity index (χ3n) is 6.23. The van der Waals surface area contributed by atoms with Crippen LogP contribution < -0.4 is 10.6 Å². The number of hydrogen-bond acceptors (Lipinski definition) is 2. The van der Waals surface area contributed by atoms with E-state index in [9.17, 15) is 18.4 Å². The molecule has 2 amide bonds. The fourth-order valence-electron chi connectivity index (χ4n) is 4.39. The van der Waals surface area contributed by atoms with E-state index in [4.69, 9.17) is 11.6 Å². The van der Waals surface area contributed by atoms with Gasteiger partial charge in [-0.05, 0) is 72.9 Å². The zero-order valence-electron chi connectivity index (χ0n) is 17.2. The van der Waals surface area contributed by atoms with Crippen molar-refractivity contribution in [2.75, 3.05) is 5.32 Å². The van der Waals surface area contributed by atoms with Crippen LogP contribution in [0.25, 0.3) is 0 Å². The lowest BCUT2D eigenvalue weighted by Crippen LogP contribution is -2.21. The van der Waals surface area contributed by atoms with E-state index in [0.29, 0.717) is 26.9 Å². The number of anilines is 1. The van der Waals surface area contributed by atoms with E-state index < -0.39 is 23.6 Å². The molecular weight excluding hydrogens is 514 g/mol. The molecule has 4 nitrogen and oxygen atoms in total. The van der Waals surface area contributed by atoms with E-state index in [0.717, 1.165) is 24.8 Å². The Kier molecular flexibility index (Phi) is 5.70. The van der Waals surface area contributed by atoms with Crippen LogP contribution in [0.5, 0.6) is 0 Å². The normalized spacial score (nSPS) is 17.3. The molecule has 3 aromatic rings. The molecule has 0 spiro atoms. The zero-order chi connectivity index (χ0) is 23.3. The van der Waals surface area contributed by atoms with Gasteiger partial charge >= 0.3 is 0 Å². The van der Waals surface area contributed by atoms with Gasteiger partial charge < -0.3 is 10.6 Å². The summed E-state index contributed by atoms with van der Waals surface area (Å²) in [6, 6.07) is 10.8. The molecule has 5 rings (SSSR count). The van der Waals surface area contributed by atoms with Crippen molar-refractivity contribution >= 4 is 45.0 Å². The molecule has 1 fully saturated rings. The smallest absolute Gasteiger partial charge is 0.255 e. The largest absolute Gasteiger partial charge is 0.341 e. The van der Waals surface area contributed by atoms with Gasteiger partial charge in [0.25, 0.3) is 11.8 Å². The Balaban J connectivity index is 1.54. The molecule has 1 heterocycles. The minimum absolute atomic E-state index is 0.197. The fraction of sp³-hybridized carbons (Fsp3) is 0.200. The maximum absolute atomic E-state index is 14.3. The van der Waals surface area contributed by atoms with Gasteiger partial charge in [0.05, 0.1) is 6.04 Å². The number of carbonyl (C=O) groups excluding carboxylic acids is 2. The van der Waals surface area contributed by atoms with Gasteiger partial charge in [-0.2, -0.15) is 0 Å². The fourth-order valence-corrected chi connectivity index (χ4v) is 5.07. The average Bonchev–Trinajstić information content (AvgIpc) is 3.04. The summed E-state index contributed by atoms with van der Waals surface area (Å²) in [6.07, 6.45) is 3.05. The molecule has 0 aromatic heterocycles. The van der Waals surface area contributed by atoms with Gasteiger partial charge in [-0.15, -0.1) is 0 Å². The molecular formula is C25H18BrClF2N2O2. The second-order valence-electron chi connectivity index (χ2n) is 8.34. The number of fused-ring (bicyclic) bond motifs is 1. The second-order valence-corrected chi connectivity index (χ2v) is 9.66. The highest BCUT2D eigenvalue weighted by Crippen LogP contribution is 2.41. The van der Waals surface area contributed by atoms with Gasteiger partial charge in [-0.3, -0.25) is 9.59 Å². The second kappa shape index (κ2) is 8.54. The van der Waals surface area contributed by atoms with Crippen LogP contribution in [0.2, 0.25) is 5.02 Å². The molecule has 0 radical (unpaired) electrons. The molecule has 1 atom stereocenters. The number of hydrogen-bond donors (Lipinski definition) is 2. The van der Waals surface area contributed by atoms with Crippen molar-refractivity contribution in [3.63, 3.8) is 0 Å². The number of amides is 2. The Morgan fingerprint density at radius 3 is 2.58 bits per heavy atom. The molecule has 8 heteroatoms. The number of halogens is 4. The Morgan fingerprint density at radius 1 is 1.06 bits per heavy atom. The molecule has 1 saturated carbocycles. The highest BCUT2D eigenvalue weighted by atomic mass is 79.9. The summed E-state index contributed by atoms with van der Waals surface area (Å²) in [5.41, 5.74) is 2.54. The van der Waals surface area contributed by atoms with E-state index >= 15 is 0 Å². The van der Waals surface area contributed by atoms with E-state index in [-0.39, 0.29) is 22.4 Å². The topological polar surface area (TPSA) is 58.2 Å². The third kappa shape index (κ3) is 4.15. The zero-order valence-corrected chi connectivity index (χ0v) is 19.6. The standard InChI is InChI=1S/C25H18BrClF2N2O2/c26-15-9-19-22(23(31-25(19)33)18-11-16(28)4-5-20(18)27)21(10-15)30-24(32)14-6-13(7-17(29)8-14)12-2-1-3-12/h4-12,23H,1-3H2,(H,30,32)(H,31,33). The van der Waals surface area contributed by atoms with Gasteiger partial charge in [0.2, 0.25) is 0 Å². The molecule has 0 saturated heterocycles. The van der Waals surface area contributed by atoms with Crippen LogP contribution in [0.1, 0.15) is 68.6 Å². The summed E-state index contributed by atoms with van der Waals surface area (Å²) in [7, 11) is 0. The summed E-state index contributed by atoms with van der Waals surface area (Å²) in [5, 5.41) is 5.91. The summed E-state index contributed by atoms with van der Waals surface area (Å²) in [4.78, 5) is 25.8. The summed E-state index contributed by atoms with van der Waals surface area (Å²) < 4.78 is 28.8. The predicted molar refractivity (Wildman–Crippen MR) is 126 cm³/mol. The van der Waals surface area contributed by atoms with Crippen LogP contribution in [-0.2, 0) is 0 Å². The van der Waals surface area contributed by atoms with E-state index in [2.05, 4.69) is 26.6 Å². The third-order valence-corrected chi connectivity index (χ3v) is 7.03. The molecule has 1 aliphatic carbocycles. The van der Waals surface area contributed by atoms with Gasteiger partial charge in [0.15, 0.2) is 0 Å². The number of carbonyl (C=O) groups is 2. The lowest BCUT2D eigenvalue weighted by molar-refractivity contribution is 0.0959. The highest BCUT2D eigenvalue weighted by molar-refractivity contribution is 9.10. The molecule has 2 aliphatic rings. The maximum atomic E-state index is 14.3. The Morgan fingerprint density at radius 2 is 1.85 bits per heavy atom. The van der Waals surface area contributed by atoms with Gasteiger partial charge in [-0.25, -0.2) is 8.78 Å². The first-order chi connectivity index (χ1) is 15.8. The first-order valence-electron chi connectivity index (χ1n) is 10.5. The number of benzene rings is 3. The van der Waals surface area contributed by atoms with Crippen molar-refractivity contribution in [3.8, 4) is 0 Å². The minimum Gasteiger partial charge on any atom is -0.341 e. The predicted octanol–water partition coefficient (Wildman–Crippen LogP) is 6.73. The van der Waals surface area contributed by atoms with Crippen molar-refractivity contribution in [2.24, 2.45) is 0 Å². The van der Waals surface area contributed by atoms with Crippen molar-refractivity contribution < 1.29 is 18.4 Å². The van der Waals surface area contributed by atoms with E-state index in [1.165, 1.54) is 30.3 Å². The molecule has 1 unspecified atom stereocenters. The first kappa shape index (κ1) is 22.0. The molecule has 33 heavy (non-hydrogen) atoms. The average molecular weight is 532 g/mol. The molecule has 0 bridgehead atoms. The van der Waals surface area contributed by atoms with Crippen LogP contribution in [0.3, 0.4) is 0 Å². The molecule has 3 aromatic carbocycles. The van der Waals surface area contributed by atoms with Crippen LogP contribution in [0, 0.1) is 11.6 Å². The molecule has 168 valence electrons. The SMILES string of the molecule is O=C(Nc1cc(Br)cc2c1C(c1cc(F)ccc1Cl)NC2=O)c1cc(F)cc(C2CCC2)c1. The van der Waals surface area contributed by atoms with Crippen molar-refractivity contribution in [2.45, 2.75) is 31.2 Å². The Bertz CT molecular complexity index is 1310. The monoisotopic (exact) mass is 530 g/mol. The quantitative estimate of drug-likeness (QED) is 0.392. The van der Waals surface area contributed by atoms with Crippen LogP contribution in [0.4, 0.5) is 14.5 Å². The Labute approximate surface area is 202 Å². The van der Waals surface area contributed by atoms with Crippen LogP contribution in [0.15, 0.2) is 53.0 Å². The number of rotatable bonds is 4. The molecule has 2 N–H and O–H groups in total. The minimum atomic E-state index is -0.753. The van der Waals surface area contributed by atoms with Crippen molar-refractivity contribution in [1.29, 1.82) is 0 Å². The van der Waals surface area contributed by atoms with Gasteiger partial charge in [0.1, 0.15) is 11.6 Å². The van der Waals surface area contributed by atoms with Crippen LogP contribution in [-0.4, -0.2) is 11.8 Å². The van der Waals surface area contributed by atoms with E-state index in [1.807, 2.05) is 0 Å². The number of nitrogens with one attached hydrogen (secondary N) is 2. The molecule has 1 aliphatic heterocycles. The van der Waals surface area contributed by atoms with E-state index in [1.54, 1.807) is 18.2 Å². The van der Waals surface area contributed by atoms with Crippen LogP contribution >= 0.6 is 27.5 Å². The maximum Gasteiger partial charge on any atom is 0.255 e. The van der Waals surface area contributed by atoms with Gasteiger partial charge in [0, 0.05) is 37.4 Å². The Hall–Kier alpha value is -2.77. The summed E-state index contributed by atoms with van der Waals surface area (Å²) >= 11 is 9.68. The van der Waals surface area contributed by atoms with Crippen molar-refractivity contribution in [1.82, 2.24) is 5.32 Å².